The number of rotatable bonds is 13. The minimum absolute atomic E-state index is 0.0434. The van der Waals surface area contributed by atoms with Crippen LogP contribution < -0.4 is 14.5 Å². The molecule has 1 aliphatic heterocycles. The molecule has 0 amide bonds. The van der Waals surface area contributed by atoms with Crippen LogP contribution in [-0.2, 0) is 29.1 Å². The number of unbranched alkanes of at least 4 members (excludes halogenated alkanes) is 2. The van der Waals surface area contributed by atoms with Crippen LogP contribution in [0.15, 0.2) is 164 Å². The van der Waals surface area contributed by atoms with Crippen LogP contribution in [0, 0.1) is 0 Å². The number of nitrogens with zero attached hydrogens (tertiary/aromatic N) is 4. The molecular formula is C68H74N4O. The van der Waals surface area contributed by atoms with Gasteiger partial charge in [0.05, 0.1) is 39.1 Å². The van der Waals surface area contributed by atoms with Crippen molar-refractivity contribution < 1.29 is 15.7 Å². The summed E-state index contributed by atoms with van der Waals surface area (Å²) >= 11 is 0. The molecule has 0 fully saturated rings. The van der Waals surface area contributed by atoms with Crippen LogP contribution in [0.3, 0.4) is 0 Å². The Morgan fingerprint density at radius 2 is 1.22 bits per heavy atom. The average molecular weight is 971 g/mol. The van der Waals surface area contributed by atoms with Gasteiger partial charge in [0.2, 0.25) is 0 Å². The monoisotopic (exact) mass is 971 g/mol. The zero-order valence-corrected chi connectivity index (χ0v) is 44.6. The fraction of sp³-hybridized carbons (Fsp3) is 0.309. The topological polar surface area (TPSA) is 33.5 Å². The molecule has 7 aromatic carbocycles. The Kier molecular flexibility index (Phi) is 10.9. The van der Waals surface area contributed by atoms with Crippen molar-refractivity contribution in [2.45, 2.75) is 131 Å². The summed E-state index contributed by atoms with van der Waals surface area (Å²) in [5, 5.41) is 2.42. The Bertz CT molecular complexity index is 3840. The highest BCUT2D eigenvalue weighted by atomic mass is 16.5. The van der Waals surface area contributed by atoms with E-state index < -0.39 is 10.8 Å². The summed E-state index contributed by atoms with van der Waals surface area (Å²) in [6.45, 7) is 22.8. The average Bonchev–Trinajstić information content (AvgIpc) is 4.17. The van der Waals surface area contributed by atoms with E-state index in [1.54, 1.807) is 6.07 Å². The number of hydrogen-bond donors (Lipinski definition) is 0. The predicted molar refractivity (Wildman–Crippen MR) is 311 cm³/mol. The second-order valence-corrected chi connectivity index (χ2v) is 22.8. The van der Waals surface area contributed by atoms with Crippen LogP contribution >= 0.6 is 0 Å². The first-order chi connectivity index (χ1) is 38.4. The molecular weight excluding hydrogens is 889 g/mol. The fourth-order valence-corrected chi connectivity index (χ4v) is 10.3. The Balaban J connectivity index is 1.13. The lowest BCUT2D eigenvalue weighted by Gasteiger charge is -2.28. The van der Waals surface area contributed by atoms with Crippen LogP contribution in [0.4, 0.5) is 22.7 Å². The van der Waals surface area contributed by atoms with Gasteiger partial charge in [-0.25, -0.2) is 4.98 Å². The summed E-state index contributed by atoms with van der Waals surface area (Å²) in [5.74, 6) is 2.13. The van der Waals surface area contributed by atoms with Gasteiger partial charge in [-0.05, 0) is 129 Å². The SMILES string of the molecule is [2H]c1c([2H])c(-c2cccc(-c3c([2H])c([2H])c([2H])c(C(C)(C)C)c3[2H])c2N2CN(c3cccc(Oc4ccc5c6c(CCC)c(CCCCC)ccc6n(-c6cc(C(C)(C)C)ccn6)c5c4)c3)c3ccccc32)c([2H])c(C(C)(C)C)c1[2H]. The van der Waals surface area contributed by atoms with E-state index in [-0.39, 0.29) is 71.5 Å². The number of pyridine rings is 1. The normalized spacial score (nSPS) is 14.6. The fourth-order valence-electron chi connectivity index (χ4n) is 10.3. The van der Waals surface area contributed by atoms with Crippen molar-refractivity contribution in [3.05, 3.63) is 192 Å². The van der Waals surface area contributed by atoms with Gasteiger partial charge in [-0.2, -0.15) is 0 Å². The molecule has 0 spiro atoms. The molecule has 1 aliphatic rings. The largest absolute Gasteiger partial charge is 0.457 e. The van der Waals surface area contributed by atoms with Crippen molar-refractivity contribution in [2.24, 2.45) is 0 Å². The highest BCUT2D eigenvalue weighted by Crippen LogP contribution is 2.51. The Hall–Kier alpha value is -7.11. The summed E-state index contributed by atoms with van der Waals surface area (Å²) in [6, 6.07) is 35.1. The first-order valence-electron chi connectivity index (χ1n) is 30.2. The van der Waals surface area contributed by atoms with Gasteiger partial charge in [0.15, 0.2) is 0 Å². The summed E-state index contributed by atoms with van der Waals surface area (Å²) < 4.78 is 84.0. The molecule has 0 aliphatic carbocycles. The van der Waals surface area contributed by atoms with Gasteiger partial charge in [0, 0.05) is 45.9 Å². The first kappa shape index (κ1) is 40.4. The quantitative estimate of drug-likeness (QED) is 0.108. The number of fused-ring (bicyclic) bond motifs is 4. The van der Waals surface area contributed by atoms with Crippen LogP contribution in [0.1, 0.15) is 141 Å². The molecule has 0 radical (unpaired) electrons. The lowest BCUT2D eigenvalue weighted by molar-refractivity contribution is 0.483. The molecule has 0 bridgehead atoms. The number of benzene rings is 7. The maximum atomic E-state index is 9.78. The van der Waals surface area contributed by atoms with Crippen molar-refractivity contribution in [3.8, 4) is 39.6 Å². The molecule has 0 unspecified atom stereocenters. The maximum absolute atomic E-state index is 9.78. The van der Waals surface area contributed by atoms with E-state index in [4.69, 9.17) is 15.2 Å². The molecule has 0 saturated carbocycles. The first-order valence-corrected chi connectivity index (χ1v) is 26.2. The van der Waals surface area contributed by atoms with E-state index in [1.807, 2.05) is 108 Å². The van der Waals surface area contributed by atoms with E-state index in [0.29, 0.717) is 39.4 Å². The van der Waals surface area contributed by atoms with Crippen LogP contribution in [0.5, 0.6) is 11.5 Å². The van der Waals surface area contributed by atoms with Crippen molar-refractivity contribution in [2.75, 3.05) is 16.5 Å². The Morgan fingerprint density at radius 1 is 0.575 bits per heavy atom. The number of aromatic nitrogens is 2. The second kappa shape index (κ2) is 19.7. The van der Waals surface area contributed by atoms with Gasteiger partial charge in [0.1, 0.15) is 24.0 Å². The molecule has 5 nitrogen and oxygen atoms in total. The molecule has 0 atom stereocenters. The number of ether oxygens (including phenoxy) is 1. The van der Waals surface area contributed by atoms with Gasteiger partial charge in [-0.3, -0.25) is 4.57 Å². The predicted octanol–water partition coefficient (Wildman–Crippen LogP) is 19.1. The summed E-state index contributed by atoms with van der Waals surface area (Å²) in [7, 11) is 0. The third-order valence-corrected chi connectivity index (χ3v) is 14.2. The van der Waals surface area contributed by atoms with Gasteiger partial charge in [-0.1, -0.05) is 186 Å². The highest BCUT2D eigenvalue weighted by molar-refractivity contribution is 6.11. The molecule has 5 heteroatoms. The van der Waals surface area contributed by atoms with Crippen molar-refractivity contribution >= 4 is 44.6 Å². The minimum atomic E-state index is -0.724. The van der Waals surface area contributed by atoms with Crippen LogP contribution in [0.2, 0.25) is 0 Å². The van der Waals surface area contributed by atoms with Gasteiger partial charge in [-0.15, -0.1) is 0 Å². The molecule has 2 aromatic heterocycles. The van der Waals surface area contributed by atoms with Gasteiger partial charge < -0.3 is 14.5 Å². The molecule has 73 heavy (non-hydrogen) atoms. The Morgan fingerprint density at radius 3 is 1.86 bits per heavy atom. The van der Waals surface area contributed by atoms with Crippen LogP contribution in [0.25, 0.3) is 49.9 Å². The molecule has 372 valence electrons. The van der Waals surface area contributed by atoms with E-state index in [9.17, 15) is 5.48 Å². The summed E-state index contributed by atoms with van der Waals surface area (Å²) in [4.78, 5) is 9.24. The smallest absolute Gasteiger partial charge is 0.137 e. The van der Waals surface area contributed by atoms with E-state index in [0.717, 1.165) is 65.0 Å². The number of anilines is 4. The number of para-hydroxylation sites is 3. The second-order valence-electron chi connectivity index (χ2n) is 22.8. The van der Waals surface area contributed by atoms with Crippen molar-refractivity contribution in [1.29, 1.82) is 0 Å². The molecule has 10 rings (SSSR count). The van der Waals surface area contributed by atoms with E-state index in [2.05, 4.69) is 91.5 Å². The third-order valence-electron chi connectivity index (χ3n) is 14.2. The summed E-state index contributed by atoms with van der Waals surface area (Å²) in [5.41, 5.74) is 9.30. The van der Waals surface area contributed by atoms with E-state index >= 15 is 0 Å². The highest BCUT2D eigenvalue weighted by Gasteiger charge is 2.32. The maximum Gasteiger partial charge on any atom is 0.137 e. The van der Waals surface area contributed by atoms with Gasteiger partial charge >= 0.3 is 0 Å². The minimum Gasteiger partial charge on any atom is -0.457 e. The van der Waals surface area contributed by atoms with Gasteiger partial charge in [0.25, 0.3) is 0 Å². The van der Waals surface area contributed by atoms with Crippen molar-refractivity contribution in [1.82, 2.24) is 9.55 Å². The Labute approximate surface area is 446 Å². The zero-order chi connectivity index (χ0) is 58.2. The molecule has 0 saturated heterocycles. The molecule has 3 heterocycles. The zero-order valence-electron chi connectivity index (χ0n) is 52.6. The third kappa shape index (κ3) is 9.79. The lowest BCUT2D eigenvalue weighted by atomic mass is 9.84. The van der Waals surface area contributed by atoms with E-state index in [1.165, 1.54) is 34.9 Å². The molecule has 9 aromatic rings. The molecule has 0 N–H and O–H groups in total. The number of hydrogen-bond acceptors (Lipinski definition) is 4. The number of aryl methyl sites for hydroxylation is 2. The summed E-state index contributed by atoms with van der Waals surface area (Å²) in [6.07, 6.45) is 8.48. The lowest BCUT2D eigenvalue weighted by Crippen LogP contribution is -2.25. The van der Waals surface area contributed by atoms with Crippen LogP contribution in [-0.4, -0.2) is 16.2 Å². The van der Waals surface area contributed by atoms with Crippen molar-refractivity contribution in [3.63, 3.8) is 0 Å². The standard InChI is InChI=1S/C68H74N4O/c1-12-14-15-23-46-34-37-61-64(55(46)22-13-2)58-36-35-54(44-62(58)72(61)63-42-51(38-39-69-63)68(9,10)11)73-53-29-20-28-52(43-53)70-45-71(60-33-17-16-32-59(60)70)65-56(47-24-18-26-49(40-47)66(3,4)5)30-21-31-57(65)48-25-19-27-50(41-48)67(6,7)8/h16-21,24-44H,12-15,22-23,45H2,1-11H3/i18D,19D,24D,25D,26D,27D,40D,41D.